The zero-order valence-corrected chi connectivity index (χ0v) is 9.48. The van der Waals surface area contributed by atoms with Crippen LogP contribution < -0.4 is 5.32 Å². The summed E-state index contributed by atoms with van der Waals surface area (Å²) in [5.41, 5.74) is 0.417. The number of anilines is 1. The summed E-state index contributed by atoms with van der Waals surface area (Å²) in [6.07, 6.45) is 0.311. The summed E-state index contributed by atoms with van der Waals surface area (Å²) in [5, 5.41) is 2.49. The summed E-state index contributed by atoms with van der Waals surface area (Å²) in [5.74, 6) is -1.56. The standard InChI is InChI=1S/C12H11FN2O3/c13-8-1-3-9(4-2-8)14-10(16)7-15-11(17)5-6-12(15)18/h1-4H,5-7H2,(H,14,16). The zero-order chi connectivity index (χ0) is 13.1. The maximum atomic E-state index is 12.6. The maximum absolute atomic E-state index is 12.6. The van der Waals surface area contributed by atoms with Crippen LogP contribution in [0, 0.1) is 5.82 Å². The maximum Gasteiger partial charge on any atom is 0.244 e. The Bertz CT molecular complexity index is 483. The molecule has 1 aliphatic rings. The van der Waals surface area contributed by atoms with Crippen LogP contribution in [0.25, 0.3) is 0 Å². The number of hydrogen-bond donors (Lipinski definition) is 1. The van der Waals surface area contributed by atoms with Gasteiger partial charge in [0, 0.05) is 18.5 Å². The molecule has 18 heavy (non-hydrogen) atoms. The predicted octanol–water partition coefficient (Wildman–Crippen LogP) is 0.913. The molecule has 1 aromatic rings. The van der Waals surface area contributed by atoms with Crippen molar-refractivity contribution in [3.05, 3.63) is 30.1 Å². The average molecular weight is 250 g/mol. The van der Waals surface area contributed by atoms with E-state index in [1.807, 2.05) is 0 Å². The summed E-state index contributed by atoms with van der Waals surface area (Å²) >= 11 is 0. The van der Waals surface area contributed by atoms with E-state index in [2.05, 4.69) is 5.32 Å². The van der Waals surface area contributed by atoms with Gasteiger partial charge in [0.25, 0.3) is 0 Å². The fourth-order valence-electron chi connectivity index (χ4n) is 1.68. The molecule has 0 aliphatic carbocycles. The SMILES string of the molecule is O=C(CN1C(=O)CCC1=O)Nc1ccc(F)cc1. The van der Waals surface area contributed by atoms with Gasteiger partial charge in [0.1, 0.15) is 12.4 Å². The van der Waals surface area contributed by atoms with Gasteiger partial charge in [0.15, 0.2) is 0 Å². The van der Waals surface area contributed by atoms with Crippen molar-refractivity contribution in [2.45, 2.75) is 12.8 Å². The van der Waals surface area contributed by atoms with Gasteiger partial charge in [0.05, 0.1) is 0 Å². The minimum Gasteiger partial charge on any atom is -0.325 e. The summed E-state index contributed by atoms with van der Waals surface area (Å²) < 4.78 is 12.6. The first-order chi connectivity index (χ1) is 8.56. The quantitative estimate of drug-likeness (QED) is 0.811. The molecule has 2 rings (SSSR count). The number of benzene rings is 1. The van der Waals surface area contributed by atoms with E-state index in [1.165, 1.54) is 24.3 Å². The van der Waals surface area contributed by atoms with Gasteiger partial charge in [-0.25, -0.2) is 4.39 Å². The third-order valence-electron chi connectivity index (χ3n) is 2.58. The highest BCUT2D eigenvalue weighted by atomic mass is 19.1. The lowest BCUT2D eigenvalue weighted by Gasteiger charge is -2.13. The number of nitrogens with zero attached hydrogens (tertiary/aromatic N) is 1. The summed E-state index contributed by atoms with van der Waals surface area (Å²) in [6.45, 7) is -0.297. The highest BCUT2D eigenvalue weighted by Gasteiger charge is 2.30. The van der Waals surface area contributed by atoms with Gasteiger partial charge >= 0.3 is 0 Å². The number of amides is 3. The van der Waals surface area contributed by atoms with Gasteiger partial charge in [-0.3, -0.25) is 19.3 Å². The Morgan fingerprint density at radius 1 is 1.17 bits per heavy atom. The third-order valence-corrected chi connectivity index (χ3v) is 2.58. The van der Waals surface area contributed by atoms with Crippen molar-refractivity contribution in [3.8, 4) is 0 Å². The fraction of sp³-hybridized carbons (Fsp3) is 0.250. The van der Waals surface area contributed by atoms with Gasteiger partial charge in [-0.05, 0) is 24.3 Å². The topological polar surface area (TPSA) is 66.5 Å². The molecule has 1 saturated heterocycles. The average Bonchev–Trinajstić information content (AvgIpc) is 2.64. The molecule has 0 saturated carbocycles. The molecule has 6 heteroatoms. The van der Waals surface area contributed by atoms with Crippen LogP contribution in [0.1, 0.15) is 12.8 Å². The number of hydrogen-bond acceptors (Lipinski definition) is 3. The fourth-order valence-corrected chi connectivity index (χ4v) is 1.68. The minimum atomic E-state index is -0.481. The largest absolute Gasteiger partial charge is 0.325 e. The normalized spacial score (nSPS) is 15.1. The first-order valence-corrected chi connectivity index (χ1v) is 5.45. The molecule has 1 heterocycles. The van der Waals surface area contributed by atoms with Gasteiger partial charge < -0.3 is 5.32 Å². The van der Waals surface area contributed by atoms with Crippen molar-refractivity contribution in [3.63, 3.8) is 0 Å². The molecular formula is C12H11FN2O3. The number of carbonyl (C=O) groups is 3. The van der Waals surface area contributed by atoms with Gasteiger partial charge in [0.2, 0.25) is 17.7 Å². The van der Waals surface area contributed by atoms with Gasteiger partial charge in [-0.2, -0.15) is 0 Å². The second-order valence-corrected chi connectivity index (χ2v) is 3.93. The predicted molar refractivity (Wildman–Crippen MR) is 61.0 cm³/mol. The Hall–Kier alpha value is -2.24. The molecule has 1 N–H and O–H groups in total. The second-order valence-electron chi connectivity index (χ2n) is 3.93. The van der Waals surface area contributed by atoms with Crippen molar-refractivity contribution >= 4 is 23.4 Å². The summed E-state index contributed by atoms with van der Waals surface area (Å²) in [7, 11) is 0. The molecule has 0 radical (unpaired) electrons. The molecule has 3 amide bonds. The van der Waals surface area contributed by atoms with Crippen LogP contribution in [-0.2, 0) is 14.4 Å². The van der Waals surface area contributed by atoms with Crippen LogP contribution in [0.2, 0.25) is 0 Å². The molecule has 94 valence electrons. The number of carbonyl (C=O) groups excluding carboxylic acids is 3. The van der Waals surface area contributed by atoms with E-state index in [0.29, 0.717) is 5.69 Å². The van der Waals surface area contributed by atoms with E-state index in [4.69, 9.17) is 0 Å². The molecule has 0 atom stereocenters. The lowest BCUT2D eigenvalue weighted by molar-refractivity contribution is -0.141. The van der Waals surface area contributed by atoms with Gasteiger partial charge in [-0.15, -0.1) is 0 Å². The van der Waals surface area contributed by atoms with E-state index < -0.39 is 11.7 Å². The van der Waals surface area contributed by atoms with Gasteiger partial charge in [-0.1, -0.05) is 0 Å². The van der Waals surface area contributed by atoms with E-state index >= 15 is 0 Å². The van der Waals surface area contributed by atoms with Crippen molar-refractivity contribution in [2.24, 2.45) is 0 Å². The summed E-state index contributed by atoms with van der Waals surface area (Å²) in [4.78, 5) is 35.1. The Balaban J connectivity index is 1.94. The Morgan fingerprint density at radius 3 is 2.28 bits per heavy atom. The lowest BCUT2D eigenvalue weighted by Crippen LogP contribution is -2.36. The minimum absolute atomic E-state index is 0.155. The second kappa shape index (κ2) is 4.95. The van der Waals surface area contributed by atoms with Crippen molar-refractivity contribution in [2.75, 3.05) is 11.9 Å². The molecule has 0 bridgehead atoms. The molecule has 0 aromatic heterocycles. The first kappa shape index (κ1) is 12.2. The van der Waals surface area contributed by atoms with Crippen LogP contribution in [0.15, 0.2) is 24.3 Å². The number of rotatable bonds is 3. The number of imide groups is 1. The van der Waals surface area contributed by atoms with E-state index in [1.54, 1.807) is 0 Å². The highest BCUT2D eigenvalue weighted by molar-refractivity contribution is 6.06. The van der Waals surface area contributed by atoms with Crippen LogP contribution in [0.3, 0.4) is 0 Å². The van der Waals surface area contributed by atoms with E-state index in [0.717, 1.165) is 4.90 Å². The van der Waals surface area contributed by atoms with Crippen molar-refractivity contribution in [1.82, 2.24) is 4.90 Å². The van der Waals surface area contributed by atoms with Crippen LogP contribution in [0.4, 0.5) is 10.1 Å². The highest BCUT2D eigenvalue weighted by Crippen LogP contribution is 2.12. The molecule has 5 nitrogen and oxygen atoms in total. The van der Waals surface area contributed by atoms with E-state index in [-0.39, 0.29) is 31.2 Å². The van der Waals surface area contributed by atoms with Crippen LogP contribution >= 0.6 is 0 Å². The molecule has 1 fully saturated rings. The van der Waals surface area contributed by atoms with E-state index in [9.17, 15) is 18.8 Å². The Kier molecular flexibility index (Phi) is 3.36. The third kappa shape index (κ3) is 2.71. The summed E-state index contributed by atoms with van der Waals surface area (Å²) in [6, 6.07) is 5.23. The smallest absolute Gasteiger partial charge is 0.244 e. The number of nitrogens with one attached hydrogen (secondary N) is 1. The molecule has 1 aromatic carbocycles. The molecule has 0 spiro atoms. The monoisotopic (exact) mass is 250 g/mol. The van der Waals surface area contributed by atoms with Crippen molar-refractivity contribution in [1.29, 1.82) is 0 Å². The molecule has 0 unspecified atom stereocenters. The van der Waals surface area contributed by atoms with Crippen LogP contribution in [0.5, 0.6) is 0 Å². The lowest BCUT2D eigenvalue weighted by atomic mass is 10.3. The first-order valence-electron chi connectivity index (χ1n) is 5.45. The number of halogens is 1. The zero-order valence-electron chi connectivity index (χ0n) is 9.48. The van der Waals surface area contributed by atoms with Crippen molar-refractivity contribution < 1.29 is 18.8 Å². The molecular weight excluding hydrogens is 239 g/mol. The number of likely N-dealkylation sites (tertiary alicyclic amines) is 1. The Morgan fingerprint density at radius 2 is 1.72 bits per heavy atom. The Labute approximate surface area is 103 Å². The molecule has 1 aliphatic heterocycles. The van der Waals surface area contributed by atoms with Crippen LogP contribution in [-0.4, -0.2) is 29.2 Å².